The summed E-state index contributed by atoms with van der Waals surface area (Å²) < 4.78 is 36.5. The van der Waals surface area contributed by atoms with Crippen molar-refractivity contribution in [2.24, 2.45) is 0 Å². The maximum atomic E-state index is 13.4. The molecule has 1 N–H and O–H groups in total. The third kappa shape index (κ3) is 3.90. The molecule has 1 aliphatic rings. The van der Waals surface area contributed by atoms with Crippen molar-refractivity contribution in [1.82, 2.24) is 13.1 Å². The fraction of sp³-hybridized carbons (Fsp3) is 0.350. The molecule has 9 heteroatoms. The molecule has 29 heavy (non-hydrogen) atoms. The van der Waals surface area contributed by atoms with E-state index in [0.717, 1.165) is 36.6 Å². The second kappa shape index (κ2) is 8.17. The third-order valence-electron chi connectivity index (χ3n) is 5.19. The van der Waals surface area contributed by atoms with Gasteiger partial charge in [0.2, 0.25) is 15.9 Å². The molecule has 152 valence electrons. The Balaban J connectivity index is 1.64. The van der Waals surface area contributed by atoms with Gasteiger partial charge in [-0.1, -0.05) is 31.5 Å². The smallest absolute Gasteiger partial charge is 0.246 e. The van der Waals surface area contributed by atoms with Crippen molar-refractivity contribution in [2.75, 3.05) is 11.9 Å². The molecule has 1 fully saturated rings. The highest BCUT2D eigenvalue weighted by Crippen LogP contribution is 2.30. The molecule has 2 heterocycles. The summed E-state index contributed by atoms with van der Waals surface area (Å²) in [6.45, 7) is 2.35. The van der Waals surface area contributed by atoms with Crippen molar-refractivity contribution in [3.8, 4) is 0 Å². The van der Waals surface area contributed by atoms with E-state index in [1.165, 1.54) is 10.4 Å². The second-order valence-corrected chi connectivity index (χ2v) is 9.45. The van der Waals surface area contributed by atoms with Gasteiger partial charge >= 0.3 is 0 Å². The molecule has 7 nitrogen and oxygen atoms in total. The number of nitrogens with zero attached hydrogens (tertiary/aromatic N) is 3. The molecule has 1 unspecified atom stereocenters. The number of carbonyl (C=O) groups is 1. The summed E-state index contributed by atoms with van der Waals surface area (Å²) in [4.78, 5) is 13.1. The maximum absolute atomic E-state index is 13.4. The molecule has 1 saturated heterocycles. The van der Waals surface area contributed by atoms with E-state index in [4.69, 9.17) is 0 Å². The Morgan fingerprint density at radius 3 is 2.86 bits per heavy atom. The zero-order valence-corrected chi connectivity index (χ0v) is 17.7. The fourth-order valence-corrected chi connectivity index (χ4v) is 6.08. The highest BCUT2D eigenvalue weighted by atomic mass is 32.2. The van der Waals surface area contributed by atoms with Gasteiger partial charge in [0.1, 0.15) is 22.0 Å². The Morgan fingerprint density at radius 2 is 2.03 bits per heavy atom. The first-order valence-corrected chi connectivity index (χ1v) is 11.8. The number of amides is 1. The standard InChI is InChI=1S/C20H22N4O3S2/c1-2-14-7-5-8-15(13-14)21-20(25)17-10-3-4-12-24(17)29(26,27)18-11-6-9-16-19(18)23-28-22-16/h5-9,11,13,17H,2-4,10,12H2,1H3,(H,21,25). The van der Waals surface area contributed by atoms with Crippen LogP contribution in [-0.4, -0.2) is 40.0 Å². The summed E-state index contributed by atoms with van der Waals surface area (Å²) in [5.41, 5.74) is 2.70. The van der Waals surface area contributed by atoms with Gasteiger partial charge in [0.25, 0.3) is 0 Å². The number of sulfonamides is 1. The van der Waals surface area contributed by atoms with Crippen LogP contribution in [0.2, 0.25) is 0 Å². The Morgan fingerprint density at radius 1 is 1.21 bits per heavy atom. The highest BCUT2D eigenvalue weighted by molar-refractivity contribution is 7.89. The Hall–Kier alpha value is -2.36. The summed E-state index contributed by atoms with van der Waals surface area (Å²) in [6.07, 6.45) is 2.88. The second-order valence-electron chi connectivity index (χ2n) is 7.06. The Bertz CT molecular complexity index is 1140. The molecule has 0 spiro atoms. The van der Waals surface area contributed by atoms with E-state index in [2.05, 4.69) is 14.1 Å². The lowest BCUT2D eigenvalue weighted by molar-refractivity contribution is -0.120. The molecule has 4 rings (SSSR count). The Labute approximate surface area is 174 Å². The molecule has 0 saturated carbocycles. The number of hydrogen-bond donors (Lipinski definition) is 1. The van der Waals surface area contributed by atoms with Crippen LogP contribution >= 0.6 is 11.7 Å². The van der Waals surface area contributed by atoms with E-state index in [-0.39, 0.29) is 10.8 Å². The number of rotatable bonds is 5. The fourth-order valence-electron chi connectivity index (χ4n) is 3.67. The van der Waals surface area contributed by atoms with Crippen LogP contribution in [0.3, 0.4) is 0 Å². The lowest BCUT2D eigenvalue weighted by Gasteiger charge is -2.33. The molecule has 1 aromatic heterocycles. The van der Waals surface area contributed by atoms with Crippen LogP contribution in [0, 0.1) is 0 Å². The monoisotopic (exact) mass is 430 g/mol. The first kappa shape index (κ1) is 19.9. The molecule has 1 atom stereocenters. The number of anilines is 1. The van der Waals surface area contributed by atoms with Crippen molar-refractivity contribution in [3.63, 3.8) is 0 Å². The molecule has 3 aromatic rings. The number of aromatic nitrogens is 2. The van der Waals surface area contributed by atoms with Gasteiger partial charge in [0, 0.05) is 12.2 Å². The van der Waals surface area contributed by atoms with E-state index in [1.807, 2.05) is 31.2 Å². The molecule has 0 bridgehead atoms. The van der Waals surface area contributed by atoms with Crippen LogP contribution in [0.25, 0.3) is 11.0 Å². The van der Waals surface area contributed by atoms with Crippen molar-refractivity contribution in [1.29, 1.82) is 0 Å². The first-order valence-electron chi connectivity index (χ1n) is 9.63. The van der Waals surface area contributed by atoms with Crippen molar-refractivity contribution >= 4 is 44.4 Å². The van der Waals surface area contributed by atoms with Gasteiger partial charge in [-0.05, 0) is 49.1 Å². The van der Waals surface area contributed by atoms with E-state index < -0.39 is 16.1 Å². The minimum atomic E-state index is -3.88. The highest BCUT2D eigenvalue weighted by Gasteiger charge is 2.38. The zero-order valence-electron chi connectivity index (χ0n) is 16.0. The van der Waals surface area contributed by atoms with E-state index in [1.54, 1.807) is 12.1 Å². The minimum absolute atomic E-state index is 0.108. The minimum Gasteiger partial charge on any atom is -0.325 e. The quantitative estimate of drug-likeness (QED) is 0.669. The van der Waals surface area contributed by atoms with Crippen LogP contribution in [0.1, 0.15) is 31.7 Å². The normalized spacial score (nSPS) is 18.0. The van der Waals surface area contributed by atoms with Gasteiger partial charge in [0.05, 0.1) is 11.7 Å². The maximum Gasteiger partial charge on any atom is 0.246 e. The predicted molar refractivity (Wildman–Crippen MR) is 113 cm³/mol. The SMILES string of the molecule is CCc1cccc(NC(=O)C2CCCCN2S(=O)(=O)c2cccc3nsnc23)c1. The number of carbonyl (C=O) groups excluding carboxylic acids is 1. The lowest BCUT2D eigenvalue weighted by atomic mass is 10.0. The van der Waals surface area contributed by atoms with Crippen molar-refractivity contribution in [2.45, 2.75) is 43.5 Å². The average molecular weight is 431 g/mol. The van der Waals surface area contributed by atoms with Crippen LogP contribution in [-0.2, 0) is 21.2 Å². The summed E-state index contributed by atoms with van der Waals surface area (Å²) in [6, 6.07) is 11.8. The van der Waals surface area contributed by atoms with Gasteiger partial charge in [0.15, 0.2) is 0 Å². The van der Waals surface area contributed by atoms with Crippen LogP contribution in [0.5, 0.6) is 0 Å². The number of aryl methyl sites for hydroxylation is 1. The van der Waals surface area contributed by atoms with Crippen molar-refractivity contribution in [3.05, 3.63) is 48.0 Å². The number of benzene rings is 2. The van der Waals surface area contributed by atoms with Gasteiger partial charge < -0.3 is 5.32 Å². The number of hydrogen-bond acceptors (Lipinski definition) is 6. The summed E-state index contributed by atoms with van der Waals surface area (Å²) in [5.74, 6) is -0.301. The summed E-state index contributed by atoms with van der Waals surface area (Å²) >= 11 is 0.980. The molecule has 1 amide bonds. The summed E-state index contributed by atoms with van der Waals surface area (Å²) in [7, 11) is -3.88. The molecule has 0 aliphatic carbocycles. The topological polar surface area (TPSA) is 92.3 Å². The average Bonchev–Trinajstić information content (AvgIpc) is 3.22. The van der Waals surface area contributed by atoms with Gasteiger partial charge in [-0.2, -0.15) is 13.1 Å². The number of nitrogens with one attached hydrogen (secondary N) is 1. The van der Waals surface area contributed by atoms with Crippen LogP contribution in [0.15, 0.2) is 47.4 Å². The number of piperidine rings is 1. The lowest BCUT2D eigenvalue weighted by Crippen LogP contribution is -2.49. The largest absolute Gasteiger partial charge is 0.325 e. The molecule has 1 aliphatic heterocycles. The summed E-state index contributed by atoms with van der Waals surface area (Å²) in [5, 5.41) is 2.90. The molecular weight excluding hydrogens is 408 g/mol. The number of fused-ring (bicyclic) bond motifs is 1. The van der Waals surface area contributed by atoms with Crippen LogP contribution < -0.4 is 5.32 Å². The third-order valence-corrected chi connectivity index (χ3v) is 7.68. The van der Waals surface area contributed by atoms with E-state index in [0.29, 0.717) is 29.7 Å². The predicted octanol–water partition coefficient (Wildman–Crippen LogP) is 3.44. The molecule has 2 aromatic carbocycles. The first-order chi connectivity index (χ1) is 14.0. The van der Waals surface area contributed by atoms with E-state index >= 15 is 0 Å². The Kier molecular flexibility index (Phi) is 5.62. The van der Waals surface area contributed by atoms with Gasteiger partial charge in [-0.25, -0.2) is 8.42 Å². The van der Waals surface area contributed by atoms with Gasteiger partial charge in [-0.15, -0.1) is 0 Å². The zero-order chi connectivity index (χ0) is 20.4. The van der Waals surface area contributed by atoms with Gasteiger partial charge in [-0.3, -0.25) is 4.79 Å². The molecule has 0 radical (unpaired) electrons. The van der Waals surface area contributed by atoms with Crippen molar-refractivity contribution < 1.29 is 13.2 Å². The van der Waals surface area contributed by atoms with Crippen LogP contribution in [0.4, 0.5) is 5.69 Å². The molecular formula is C20H22N4O3S2. The van der Waals surface area contributed by atoms with E-state index in [9.17, 15) is 13.2 Å².